The molecule has 0 radical (unpaired) electrons. The van der Waals surface area contributed by atoms with E-state index < -0.39 is 10.0 Å². The third-order valence-corrected chi connectivity index (χ3v) is 6.52. The first-order valence-electron chi connectivity index (χ1n) is 8.67. The average molecular weight is 372 g/mol. The van der Waals surface area contributed by atoms with E-state index in [1.807, 2.05) is 0 Å². The summed E-state index contributed by atoms with van der Waals surface area (Å²) in [5.41, 5.74) is 0.949. The second-order valence-electron chi connectivity index (χ2n) is 6.32. The number of hydrogen-bond acceptors (Lipinski definition) is 5. The predicted molar refractivity (Wildman–Crippen MR) is 93.8 cm³/mol. The standard InChI is InChI=1S/C16H28N4O4S/c1-13-16(25(22,23)19-9-5-4-6-10-19)14(2)20(18-13)12-15(21)17-8-7-11-24-3/h4-12H2,1-3H3,(H,17,21). The van der Waals surface area contributed by atoms with Gasteiger partial charge >= 0.3 is 0 Å². The first-order valence-corrected chi connectivity index (χ1v) is 10.1. The van der Waals surface area contributed by atoms with Gasteiger partial charge in [-0.15, -0.1) is 0 Å². The fourth-order valence-corrected chi connectivity index (χ4v) is 4.97. The summed E-state index contributed by atoms with van der Waals surface area (Å²) in [6.07, 6.45) is 3.56. The van der Waals surface area contributed by atoms with Gasteiger partial charge in [0.25, 0.3) is 0 Å². The van der Waals surface area contributed by atoms with Crippen molar-refractivity contribution in [3.63, 3.8) is 0 Å². The quantitative estimate of drug-likeness (QED) is 0.682. The Morgan fingerprint density at radius 1 is 1.24 bits per heavy atom. The summed E-state index contributed by atoms with van der Waals surface area (Å²) in [7, 11) is -1.95. The minimum atomic E-state index is -3.56. The number of ether oxygens (including phenoxy) is 1. The zero-order valence-corrected chi connectivity index (χ0v) is 16.1. The van der Waals surface area contributed by atoms with Crippen LogP contribution in [0, 0.1) is 13.8 Å². The normalized spacial score (nSPS) is 16.1. The van der Waals surface area contributed by atoms with Gasteiger partial charge in [-0.25, -0.2) is 8.42 Å². The highest BCUT2D eigenvalue weighted by molar-refractivity contribution is 7.89. The lowest BCUT2D eigenvalue weighted by atomic mass is 10.2. The molecule has 9 heteroatoms. The van der Waals surface area contributed by atoms with E-state index in [1.54, 1.807) is 21.0 Å². The number of carbonyl (C=O) groups is 1. The van der Waals surface area contributed by atoms with E-state index in [4.69, 9.17) is 4.74 Å². The third kappa shape index (κ3) is 4.80. The van der Waals surface area contributed by atoms with Crippen LogP contribution in [0.5, 0.6) is 0 Å². The van der Waals surface area contributed by atoms with Crippen molar-refractivity contribution in [1.29, 1.82) is 0 Å². The van der Waals surface area contributed by atoms with Gasteiger partial charge in [0.15, 0.2) is 0 Å². The minimum Gasteiger partial charge on any atom is -0.385 e. The third-order valence-electron chi connectivity index (χ3n) is 4.37. The Bertz CT molecular complexity index is 693. The van der Waals surface area contributed by atoms with Crippen molar-refractivity contribution < 1.29 is 17.9 Å². The summed E-state index contributed by atoms with van der Waals surface area (Å²) in [5, 5.41) is 7.07. The van der Waals surface area contributed by atoms with Gasteiger partial charge < -0.3 is 10.1 Å². The fourth-order valence-electron chi connectivity index (χ4n) is 3.08. The van der Waals surface area contributed by atoms with Crippen LogP contribution in [-0.4, -0.2) is 61.8 Å². The van der Waals surface area contributed by atoms with Gasteiger partial charge in [-0.05, 0) is 33.1 Å². The van der Waals surface area contributed by atoms with Gasteiger partial charge in [0.05, 0.1) is 11.4 Å². The zero-order valence-electron chi connectivity index (χ0n) is 15.2. The molecule has 0 unspecified atom stereocenters. The van der Waals surface area contributed by atoms with Crippen LogP contribution in [-0.2, 0) is 26.1 Å². The van der Waals surface area contributed by atoms with Crippen LogP contribution in [0.1, 0.15) is 37.1 Å². The highest BCUT2D eigenvalue weighted by Crippen LogP contribution is 2.25. The van der Waals surface area contributed by atoms with Gasteiger partial charge in [0.1, 0.15) is 11.4 Å². The Morgan fingerprint density at radius 2 is 1.92 bits per heavy atom. The molecule has 1 amide bonds. The van der Waals surface area contributed by atoms with Crippen molar-refractivity contribution in [3.05, 3.63) is 11.4 Å². The molecule has 0 spiro atoms. The number of sulfonamides is 1. The van der Waals surface area contributed by atoms with E-state index in [2.05, 4.69) is 10.4 Å². The summed E-state index contributed by atoms with van der Waals surface area (Å²) in [5.74, 6) is -0.191. The Morgan fingerprint density at radius 3 is 2.56 bits per heavy atom. The SMILES string of the molecule is COCCCNC(=O)Cn1nc(C)c(S(=O)(=O)N2CCCCC2)c1C. The van der Waals surface area contributed by atoms with Crippen LogP contribution >= 0.6 is 0 Å². The highest BCUT2D eigenvalue weighted by Gasteiger charge is 2.31. The van der Waals surface area contributed by atoms with Gasteiger partial charge in [0.2, 0.25) is 15.9 Å². The summed E-state index contributed by atoms with van der Waals surface area (Å²) in [6.45, 7) is 5.59. The van der Waals surface area contributed by atoms with E-state index in [0.29, 0.717) is 37.6 Å². The molecule has 1 saturated heterocycles. The second-order valence-corrected chi connectivity index (χ2v) is 8.19. The molecular weight excluding hydrogens is 344 g/mol. The fraction of sp³-hybridized carbons (Fsp3) is 0.750. The number of rotatable bonds is 8. The number of methoxy groups -OCH3 is 1. The minimum absolute atomic E-state index is 0.00910. The van der Waals surface area contributed by atoms with Crippen molar-refractivity contribution in [3.8, 4) is 0 Å². The van der Waals surface area contributed by atoms with Crippen LogP contribution in [0.2, 0.25) is 0 Å². The average Bonchev–Trinajstić information content (AvgIpc) is 2.86. The number of carbonyl (C=O) groups excluding carboxylic acids is 1. The Kier molecular flexibility index (Phi) is 6.97. The first kappa shape index (κ1) is 19.9. The molecule has 0 atom stereocenters. The summed E-state index contributed by atoms with van der Waals surface area (Å²) >= 11 is 0. The van der Waals surface area contributed by atoms with Gasteiger partial charge in [-0.2, -0.15) is 9.40 Å². The Hall–Kier alpha value is -1.45. The molecule has 1 aromatic rings. The van der Waals surface area contributed by atoms with Crippen molar-refractivity contribution >= 4 is 15.9 Å². The van der Waals surface area contributed by atoms with Crippen molar-refractivity contribution in [1.82, 2.24) is 19.4 Å². The van der Waals surface area contributed by atoms with E-state index in [9.17, 15) is 13.2 Å². The number of hydrogen-bond donors (Lipinski definition) is 1. The smallest absolute Gasteiger partial charge is 0.246 e. The van der Waals surface area contributed by atoms with Crippen LogP contribution in [0.15, 0.2) is 4.90 Å². The number of aromatic nitrogens is 2. The van der Waals surface area contributed by atoms with E-state index in [-0.39, 0.29) is 17.3 Å². The molecule has 2 heterocycles. The molecule has 0 bridgehead atoms. The molecule has 0 aromatic carbocycles. The van der Waals surface area contributed by atoms with Crippen molar-refractivity contribution in [2.45, 2.75) is 51.0 Å². The van der Waals surface area contributed by atoms with E-state index in [1.165, 1.54) is 8.99 Å². The zero-order chi connectivity index (χ0) is 18.4. The molecule has 142 valence electrons. The van der Waals surface area contributed by atoms with Crippen LogP contribution in [0.3, 0.4) is 0 Å². The topological polar surface area (TPSA) is 93.5 Å². The van der Waals surface area contributed by atoms with Crippen LogP contribution < -0.4 is 5.32 Å². The lowest BCUT2D eigenvalue weighted by molar-refractivity contribution is -0.121. The van der Waals surface area contributed by atoms with Crippen molar-refractivity contribution in [2.75, 3.05) is 33.4 Å². The predicted octanol–water partition coefficient (Wildman–Crippen LogP) is 0.827. The Balaban J connectivity index is 2.10. The summed E-state index contributed by atoms with van der Waals surface area (Å²) in [6, 6.07) is 0. The van der Waals surface area contributed by atoms with Gasteiger partial charge in [0, 0.05) is 33.4 Å². The van der Waals surface area contributed by atoms with E-state index >= 15 is 0 Å². The largest absolute Gasteiger partial charge is 0.385 e. The lowest BCUT2D eigenvalue weighted by Gasteiger charge is -2.25. The highest BCUT2D eigenvalue weighted by atomic mass is 32.2. The molecule has 0 saturated carbocycles. The number of nitrogens with zero attached hydrogens (tertiary/aromatic N) is 3. The van der Waals surface area contributed by atoms with E-state index in [0.717, 1.165) is 25.7 Å². The number of nitrogens with one attached hydrogen (secondary N) is 1. The maximum atomic E-state index is 12.9. The molecule has 1 aliphatic heterocycles. The van der Waals surface area contributed by atoms with Crippen molar-refractivity contribution in [2.24, 2.45) is 0 Å². The molecular formula is C16H28N4O4S. The maximum absolute atomic E-state index is 12.9. The Labute approximate surface area is 149 Å². The lowest BCUT2D eigenvalue weighted by Crippen LogP contribution is -2.36. The second kappa shape index (κ2) is 8.77. The van der Waals surface area contributed by atoms with Gasteiger partial charge in [-0.3, -0.25) is 9.48 Å². The molecule has 0 aliphatic carbocycles. The molecule has 1 N–H and O–H groups in total. The summed E-state index contributed by atoms with van der Waals surface area (Å²) in [4.78, 5) is 12.3. The number of amides is 1. The molecule has 8 nitrogen and oxygen atoms in total. The molecule has 1 aromatic heterocycles. The maximum Gasteiger partial charge on any atom is 0.246 e. The number of piperidine rings is 1. The van der Waals surface area contributed by atoms with Gasteiger partial charge in [-0.1, -0.05) is 6.42 Å². The molecule has 1 aliphatic rings. The summed E-state index contributed by atoms with van der Waals surface area (Å²) < 4.78 is 33.8. The molecule has 25 heavy (non-hydrogen) atoms. The monoisotopic (exact) mass is 372 g/mol. The number of aryl methyl sites for hydroxylation is 1. The molecule has 2 rings (SSSR count). The molecule has 1 fully saturated rings. The van der Waals surface area contributed by atoms with Crippen LogP contribution in [0.25, 0.3) is 0 Å². The first-order chi connectivity index (χ1) is 11.9. The van der Waals surface area contributed by atoms with Crippen LogP contribution in [0.4, 0.5) is 0 Å².